The fourth-order valence-corrected chi connectivity index (χ4v) is 2.67. The number of aromatic nitrogens is 2. The molecule has 0 bridgehead atoms. The molecule has 2 N–H and O–H groups in total. The number of nitrogens with one attached hydrogen (secondary N) is 1. The summed E-state index contributed by atoms with van der Waals surface area (Å²) >= 11 is 0. The average Bonchev–Trinajstić information content (AvgIpc) is 2.96. The Bertz CT molecular complexity index is 611. The van der Waals surface area contributed by atoms with Crippen LogP contribution >= 0.6 is 0 Å². The lowest BCUT2D eigenvalue weighted by Crippen LogP contribution is -2.53. The SMILES string of the molecule is O=C(O)N1CCN[C@@H](Cn2cncc2-c2ccccc2)C1. The van der Waals surface area contributed by atoms with Crippen molar-refractivity contribution >= 4 is 6.09 Å². The minimum atomic E-state index is -0.851. The summed E-state index contributed by atoms with van der Waals surface area (Å²) in [4.78, 5) is 16.8. The molecular formula is C15H18N4O2. The van der Waals surface area contributed by atoms with Gasteiger partial charge in [0, 0.05) is 32.2 Å². The molecule has 1 aromatic carbocycles. The highest BCUT2D eigenvalue weighted by molar-refractivity contribution is 5.65. The third-order valence-electron chi connectivity index (χ3n) is 3.72. The van der Waals surface area contributed by atoms with Crippen LogP contribution in [0.5, 0.6) is 0 Å². The number of imidazole rings is 1. The molecule has 0 aliphatic carbocycles. The average molecular weight is 286 g/mol. The van der Waals surface area contributed by atoms with Crippen molar-refractivity contribution in [3.63, 3.8) is 0 Å². The predicted molar refractivity (Wildman–Crippen MR) is 79.1 cm³/mol. The van der Waals surface area contributed by atoms with E-state index in [9.17, 15) is 4.79 Å². The Morgan fingerprint density at radius 3 is 2.95 bits per heavy atom. The number of amides is 1. The van der Waals surface area contributed by atoms with E-state index in [1.807, 2.05) is 36.5 Å². The van der Waals surface area contributed by atoms with Gasteiger partial charge >= 0.3 is 6.09 Å². The van der Waals surface area contributed by atoms with Crippen LogP contribution in [0.15, 0.2) is 42.9 Å². The first kappa shape index (κ1) is 13.6. The van der Waals surface area contributed by atoms with Gasteiger partial charge in [0.25, 0.3) is 0 Å². The second kappa shape index (κ2) is 5.97. The van der Waals surface area contributed by atoms with Gasteiger partial charge < -0.3 is 19.9 Å². The summed E-state index contributed by atoms with van der Waals surface area (Å²) in [6.45, 7) is 2.43. The highest BCUT2D eigenvalue weighted by Crippen LogP contribution is 2.19. The lowest BCUT2D eigenvalue weighted by molar-refractivity contribution is 0.126. The van der Waals surface area contributed by atoms with E-state index >= 15 is 0 Å². The van der Waals surface area contributed by atoms with E-state index in [1.165, 1.54) is 4.90 Å². The van der Waals surface area contributed by atoms with Crippen molar-refractivity contribution in [3.05, 3.63) is 42.9 Å². The minimum absolute atomic E-state index is 0.103. The Kier molecular flexibility index (Phi) is 3.87. The van der Waals surface area contributed by atoms with Crippen molar-refractivity contribution in [3.8, 4) is 11.3 Å². The Morgan fingerprint density at radius 1 is 1.38 bits per heavy atom. The van der Waals surface area contributed by atoms with Crippen LogP contribution in [0, 0.1) is 0 Å². The zero-order chi connectivity index (χ0) is 14.7. The van der Waals surface area contributed by atoms with Crippen molar-refractivity contribution in [2.75, 3.05) is 19.6 Å². The maximum Gasteiger partial charge on any atom is 0.407 e. The maximum atomic E-state index is 11.1. The molecule has 1 aliphatic rings. The fourth-order valence-electron chi connectivity index (χ4n) is 2.67. The molecule has 1 atom stereocenters. The van der Waals surface area contributed by atoms with Gasteiger partial charge in [-0.05, 0) is 5.56 Å². The van der Waals surface area contributed by atoms with Crippen molar-refractivity contribution < 1.29 is 9.90 Å². The summed E-state index contributed by atoms with van der Waals surface area (Å²) in [5.41, 5.74) is 2.16. The van der Waals surface area contributed by atoms with Gasteiger partial charge in [0.05, 0.1) is 18.2 Å². The van der Waals surface area contributed by atoms with Gasteiger partial charge in [0.15, 0.2) is 0 Å². The molecule has 3 rings (SSSR count). The third-order valence-corrected chi connectivity index (χ3v) is 3.72. The van der Waals surface area contributed by atoms with Gasteiger partial charge in [0.2, 0.25) is 0 Å². The highest BCUT2D eigenvalue weighted by Gasteiger charge is 2.23. The monoisotopic (exact) mass is 286 g/mol. The number of carboxylic acid groups (broad SMARTS) is 1. The van der Waals surface area contributed by atoms with Gasteiger partial charge in [-0.15, -0.1) is 0 Å². The maximum absolute atomic E-state index is 11.1. The second-order valence-corrected chi connectivity index (χ2v) is 5.18. The molecule has 1 fully saturated rings. The number of hydrogen-bond donors (Lipinski definition) is 2. The van der Waals surface area contributed by atoms with E-state index in [1.54, 1.807) is 6.33 Å². The van der Waals surface area contributed by atoms with Gasteiger partial charge in [-0.1, -0.05) is 30.3 Å². The lowest BCUT2D eigenvalue weighted by atomic mass is 10.1. The van der Waals surface area contributed by atoms with E-state index in [0.717, 1.165) is 11.3 Å². The summed E-state index contributed by atoms with van der Waals surface area (Å²) in [5.74, 6) is 0. The molecule has 1 aromatic heterocycles. The normalized spacial score (nSPS) is 18.7. The Hall–Kier alpha value is -2.34. The summed E-state index contributed by atoms with van der Waals surface area (Å²) in [7, 11) is 0. The van der Waals surface area contributed by atoms with Crippen LogP contribution in [0.1, 0.15) is 0 Å². The Morgan fingerprint density at radius 2 is 2.19 bits per heavy atom. The quantitative estimate of drug-likeness (QED) is 0.897. The number of carbonyl (C=O) groups is 1. The number of benzene rings is 1. The highest BCUT2D eigenvalue weighted by atomic mass is 16.4. The summed E-state index contributed by atoms with van der Waals surface area (Å²) < 4.78 is 2.07. The zero-order valence-corrected chi connectivity index (χ0v) is 11.6. The van der Waals surface area contributed by atoms with Crippen LogP contribution in [-0.2, 0) is 6.54 Å². The first-order valence-corrected chi connectivity index (χ1v) is 7.01. The fraction of sp³-hybridized carbons (Fsp3) is 0.333. The second-order valence-electron chi connectivity index (χ2n) is 5.18. The molecule has 6 nitrogen and oxygen atoms in total. The molecule has 2 aromatic rings. The Balaban J connectivity index is 1.74. The van der Waals surface area contributed by atoms with Crippen molar-refractivity contribution in [1.82, 2.24) is 19.8 Å². The molecule has 0 spiro atoms. The van der Waals surface area contributed by atoms with Crippen molar-refractivity contribution in [2.45, 2.75) is 12.6 Å². The summed E-state index contributed by atoms with van der Waals surface area (Å²) in [5, 5.41) is 12.5. The molecule has 0 radical (unpaired) electrons. The molecule has 0 unspecified atom stereocenters. The predicted octanol–water partition coefficient (Wildman–Crippen LogP) is 1.50. The standard InChI is InChI=1S/C15H18N4O2/c20-15(21)18-7-6-17-13(9-18)10-19-11-16-8-14(19)12-4-2-1-3-5-12/h1-5,8,11,13,17H,6-7,9-10H2,(H,20,21)/t13-/m1/s1. The molecular weight excluding hydrogens is 268 g/mol. The molecule has 21 heavy (non-hydrogen) atoms. The van der Waals surface area contributed by atoms with Crippen LogP contribution < -0.4 is 5.32 Å². The number of hydrogen-bond acceptors (Lipinski definition) is 3. The van der Waals surface area contributed by atoms with Crippen LogP contribution in [0.4, 0.5) is 4.79 Å². The summed E-state index contributed by atoms with van der Waals surface area (Å²) in [6.07, 6.45) is 2.78. The van der Waals surface area contributed by atoms with Crippen LogP contribution in [-0.4, -0.2) is 51.3 Å². The van der Waals surface area contributed by atoms with E-state index < -0.39 is 6.09 Å². The minimum Gasteiger partial charge on any atom is -0.465 e. The van der Waals surface area contributed by atoms with Crippen LogP contribution in [0.25, 0.3) is 11.3 Å². The molecule has 0 saturated carbocycles. The zero-order valence-electron chi connectivity index (χ0n) is 11.6. The smallest absolute Gasteiger partial charge is 0.407 e. The van der Waals surface area contributed by atoms with Gasteiger partial charge in [-0.2, -0.15) is 0 Å². The first-order chi connectivity index (χ1) is 10.2. The topological polar surface area (TPSA) is 70.4 Å². The molecule has 2 heterocycles. The molecule has 6 heteroatoms. The third kappa shape index (κ3) is 3.05. The van der Waals surface area contributed by atoms with Crippen LogP contribution in [0.3, 0.4) is 0 Å². The van der Waals surface area contributed by atoms with Crippen molar-refractivity contribution in [1.29, 1.82) is 0 Å². The van der Waals surface area contributed by atoms with E-state index in [2.05, 4.69) is 14.9 Å². The van der Waals surface area contributed by atoms with Gasteiger partial charge in [-0.25, -0.2) is 9.78 Å². The Labute approximate surface area is 123 Å². The molecule has 1 amide bonds. The molecule has 1 aliphatic heterocycles. The van der Waals surface area contributed by atoms with E-state index in [0.29, 0.717) is 26.2 Å². The van der Waals surface area contributed by atoms with Crippen molar-refractivity contribution in [2.24, 2.45) is 0 Å². The molecule has 1 saturated heterocycles. The lowest BCUT2D eigenvalue weighted by Gasteiger charge is -2.32. The van der Waals surface area contributed by atoms with E-state index in [4.69, 9.17) is 5.11 Å². The summed E-state index contributed by atoms with van der Waals surface area (Å²) in [6, 6.07) is 10.2. The largest absolute Gasteiger partial charge is 0.465 e. The molecule has 110 valence electrons. The van der Waals surface area contributed by atoms with E-state index in [-0.39, 0.29) is 6.04 Å². The first-order valence-electron chi connectivity index (χ1n) is 7.01. The number of nitrogens with zero attached hydrogens (tertiary/aromatic N) is 3. The number of rotatable bonds is 3. The number of piperazine rings is 1. The van der Waals surface area contributed by atoms with Gasteiger partial charge in [0.1, 0.15) is 0 Å². The van der Waals surface area contributed by atoms with Crippen LogP contribution in [0.2, 0.25) is 0 Å². The van der Waals surface area contributed by atoms with Gasteiger partial charge in [-0.3, -0.25) is 0 Å².